The summed E-state index contributed by atoms with van der Waals surface area (Å²) in [7, 11) is 0. The Morgan fingerprint density at radius 1 is 1.20 bits per heavy atom. The average molecular weight is 275 g/mol. The van der Waals surface area contributed by atoms with Crippen LogP contribution in [0.4, 0.5) is 0 Å². The van der Waals surface area contributed by atoms with Crippen LogP contribution in [0, 0.1) is 0 Å². The highest BCUT2D eigenvalue weighted by molar-refractivity contribution is 9.10. The first-order chi connectivity index (χ1) is 7.29. The fourth-order valence-corrected chi connectivity index (χ4v) is 1.75. The Hall–Kier alpha value is -0.580. The maximum Gasteiger partial charge on any atom is 0.138 e. The Morgan fingerprint density at radius 3 is 2.67 bits per heavy atom. The summed E-state index contributed by atoms with van der Waals surface area (Å²) >= 11 is 3.37. The summed E-state index contributed by atoms with van der Waals surface area (Å²) in [4.78, 5) is 0. The number of hydrogen-bond donors (Lipinski definition) is 2. The zero-order valence-electron chi connectivity index (χ0n) is 8.45. The zero-order chi connectivity index (χ0) is 11.1. The van der Waals surface area contributed by atoms with Gasteiger partial charge in [-0.15, -0.1) is 0 Å². The maximum absolute atomic E-state index is 9.10. The van der Waals surface area contributed by atoms with Gasteiger partial charge in [-0.1, -0.05) is 12.1 Å². The normalized spacial score (nSPS) is 10.3. The van der Waals surface area contributed by atoms with Gasteiger partial charge in [-0.3, -0.25) is 0 Å². The molecule has 0 amide bonds. The molecule has 1 rings (SSSR count). The molecule has 0 unspecified atom stereocenters. The van der Waals surface area contributed by atoms with Gasteiger partial charge in [0.05, 0.1) is 17.7 Å². The Balaban J connectivity index is 2.58. The molecule has 0 heterocycles. The van der Waals surface area contributed by atoms with Crippen molar-refractivity contribution in [2.45, 2.75) is 19.4 Å². The van der Waals surface area contributed by atoms with Gasteiger partial charge in [-0.25, -0.2) is 0 Å². The van der Waals surface area contributed by atoms with Gasteiger partial charge in [0.1, 0.15) is 5.75 Å². The van der Waals surface area contributed by atoms with Gasteiger partial charge in [-0.2, -0.15) is 0 Å². The van der Waals surface area contributed by atoms with Crippen LogP contribution in [0.15, 0.2) is 22.7 Å². The summed E-state index contributed by atoms with van der Waals surface area (Å²) in [5.74, 6) is 0.693. The summed E-state index contributed by atoms with van der Waals surface area (Å²) in [5.41, 5.74) is 0.772. The summed E-state index contributed by atoms with van der Waals surface area (Å²) in [5, 5.41) is 17.7. The van der Waals surface area contributed by atoms with Gasteiger partial charge < -0.3 is 14.9 Å². The van der Waals surface area contributed by atoms with Crippen molar-refractivity contribution in [1.29, 1.82) is 0 Å². The van der Waals surface area contributed by atoms with E-state index in [2.05, 4.69) is 15.9 Å². The molecule has 0 bridgehead atoms. The second-order valence-electron chi connectivity index (χ2n) is 3.17. The van der Waals surface area contributed by atoms with E-state index in [1.54, 1.807) is 0 Å². The number of rotatable bonds is 6. The summed E-state index contributed by atoms with van der Waals surface area (Å²) in [6.45, 7) is 0.705. The molecule has 4 heteroatoms. The minimum absolute atomic E-state index is 0.0330. The van der Waals surface area contributed by atoms with Crippen molar-refractivity contribution in [2.75, 3.05) is 13.2 Å². The molecule has 15 heavy (non-hydrogen) atoms. The lowest BCUT2D eigenvalue weighted by Crippen LogP contribution is -2.02. The van der Waals surface area contributed by atoms with E-state index < -0.39 is 0 Å². The molecule has 0 aromatic heterocycles. The molecular weight excluding hydrogens is 260 g/mol. The van der Waals surface area contributed by atoms with E-state index in [4.69, 9.17) is 14.9 Å². The van der Waals surface area contributed by atoms with Gasteiger partial charge in [0, 0.05) is 12.2 Å². The molecule has 0 radical (unpaired) electrons. The Bertz CT molecular complexity index is 302. The van der Waals surface area contributed by atoms with Crippen molar-refractivity contribution in [3.05, 3.63) is 28.2 Å². The van der Waals surface area contributed by atoms with Crippen LogP contribution in [0.1, 0.15) is 18.4 Å². The maximum atomic E-state index is 9.10. The van der Waals surface area contributed by atoms with Crippen LogP contribution < -0.4 is 4.74 Å². The van der Waals surface area contributed by atoms with Crippen LogP contribution in [0.3, 0.4) is 0 Å². The first-order valence-corrected chi connectivity index (χ1v) is 5.70. The summed E-state index contributed by atoms with van der Waals surface area (Å²) in [6, 6.07) is 5.56. The van der Waals surface area contributed by atoms with Gasteiger partial charge in [0.15, 0.2) is 0 Å². The van der Waals surface area contributed by atoms with Crippen molar-refractivity contribution in [3.63, 3.8) is 0 Å². The van der Waals surface area contributed by atoms with Crippen LogP contribution in [-0.4, -0.2) is 23.4 Å². The highest BCUT2D eigenvalue weighted by Crippen LogP contribution is 2.29. The molecule has 3 nitrogen and oxygen atoms in total. The average Bonchev–Trinajstić information content (AvgIpc) is 2.26. The van der Waals surface area contributed by atoms with Gasteiger partial charge in [0.25, 0.3) is 0 Å². The largest absolute Gasteiger partial charge is 0.492 e. The Kier molecular flexibility index (Phi) is 5.68. The van der Waals surface area contributed by atoms with Crippen molar-refractivity contribution in [3.8, 4) is 5.75 Å². The fourth-order valence-electron chi connectivity index (χ4n) is 1.23. The minimum Gasteiger partial charge on any atom is -0.492 e. The molecule has 0 saturated carbocycles. The van der Waals surface area contributed by atoms with E-state index in [1.165, 1.54) is 0 Å². The number of aliphatic hydroxyl groups is 2. The Labute approximate surface area is 97.8 Å². The van der Waals surface area contributed by atoms with E-state index in [9.17, 15) is 0 Å². The molecule has 0 aliphatic carbocycles. The van der Waals surface area contributed by atoms with Crippen molar-refractivity contribution in [1.82, 2.24) is 0 Å². The van der Waals surface area contributed by atoms with Gasteiger partial charge >= 0.3 is 0 Å². The van der Waals surface area contributed by atoms with E-state index in [-0.39, 0.29) is 13.2 Å². The fraction of sp³-hybridized carbons (Fsp3) is 0.455. The molecule has 0 spiro atoms. The monoisotopic (exact) mass is 274 g/mol. The van der Waals surface area contributed by atoms with Gasteiger partial charge in [-0.05, 0) is 34.8 Å². The van der Waals surface area contributed by atoms with Crippen molar-refractivity contribution in [2.24, 2.45) is 0 Å². The molecule has 0 atom stereocenters. The van der Waals surface area contributed by atoms with Crippen LogP contribution in [0.2, 0.25) is 0 Å². The van der Waals surface area contributed by atoms with Crippen molar-refractivity contribution < 1.29 is 14.9 Å². The minimum atomic E-state index is -0.0330. The standard InChI is InChI=1S/C11H15BrO3/c12-10-5-3-4-9(8-14)11(10)15-7-2-1-6-13/h3-5,13-14H,1-2,6-8H2. The quantitative estimate of drug-likeness (QED) is 0.782. The zero-order valence-corrected chi connectivity index (χ0v) is 10.0. The van der Waals surface area contributed by atoms with E-state index in [0.717, 1.165) is 22.9 Å². The lowest BCUT2D eigenvalue weighted by molar-refractivity contribution is 0.241. The predicted octanol–water partition coefficient (Wildman–Crippen LogP) is 2.09. The number of aliphatic hydroxyl groups excluding tert-OH is 2. The second-order valence-corrected chi connectivity index (χ2v) is 4.02. The van der Waals surface area contributed by atoms with Crippen LogP contribution in [0.25, 0.3) is 0 Å². The molecule has 0 aliphatic rings. The number of unbranched alkanes of at least 4 members (excludes halogenated alkanes) is 1. The summed E-state index contributed by atoms with van der Waals surface area (Å²) < 4.78 is 6.39. The highest BCUT2D eigenvalue weighted by Gasteiger charge is 2.06. The lowest BCUT2D eigenvalue weighted by atomic mass is 10.2. The molecule has 84 valence electrons. The molecule has 0 saturated heterocycles. The topological polar surface area (TPSA) is 49.7 Å². The van der Waals surface area contributed by atoms with E-state index in [1.807, 2.05) is 18.2 Å². The summed E-state index contributed by atoms with van der Waals surface area (Å²) in [6.07, 6.45) is 1.54. The number of ether oxygens (including phenoxy) is 1. The van der Waals surface area contributed by atoms with Gasteiger partial charge in [0.2, 0.25) is 0 Å². The SMILES string of the molecule is OCCCCOc1c(Br)cccc1CO. The molecule has 0 fully saturated rings. The molecule has 2 N–H and O–H groups in total. The highest BCUT2D eigenvalue weighted by atomic mass is 79.9. The second kappa shape index (κ2) is 6.82. The third-order valence-corrected chi connectivity index (χ3v) is 2.64. The molecule has 1 aromatic rings. The van der Waals surface area contributed by atoms with Crippen LogP contribution in [0.5, 0.6) is 5.75 Å². The Morgan fingerprint density at radius 2 is 2.00 bits per heavy atom. The number of halogens is 1. The van der Waals surface area contributed by atoms with E-state index in [0.29, 0.717) is 12.4 Å². The number of benzene rings is 1. The van der Waals surface area contributed by atoms with E-state index >= 15 is 0 Å². The van der Waals surface area contributed by atoms with Crippen LogP contribution in [-0.2, 0) is 6.61 Å². The smallest absolute Gasteiger partial charge is 0.138 e. The third kappa shape index (κ3) is 3.81. The lowest BCUT2D eigenvalue weighted by Gasteiger charge is -2.11. The van der Waals surface area contributed by atoms with Crippen molar-refractivity contribution >= 4 is 15.9 Å². The first-order valence-electron chi connectivity index (χ1n) is 4.91. The molecule has 0 aliphatic heterocycles. The number of hydrogen-bond acceptors (Lipinski definition) is 3. The first kappa shape index (κ1) is 12.5. The predicted molar refractivity (Wildman–Crippen MR) is 61.9 cm³/mol. The number of para-hydroxylation sites is 1. The van der Waals surface area contributed by atoms with Crippen LogP contribution >= 0.6 is 15.9 Å². The third-order valence-electron chi connectivity index (χ3n) is 2.02. The molecular formula is C11H15BrO3. The molecule has 1 aromatic carbocycles.